The second-order valence-corrected chi connectivity index (χ2v) is 5.44. The van der Waals surface area contributed by atoms with Crippen molar-refractivity contribution in [1.29, 1.82) is 0 Å². The highest BCUT2D eigenvalue weighted by atomic mass is 16.3. The maximum absolute atomic E-state index is 5.33. The molecule has 20 heavy (non-hydrogen) atoms. The van der Waals surface area contributed by atoms with Crippen molar-refractivity contribution in [3.8, 4) is 0 Å². The molecule has 3 heterocycles. The van der Waals surface area contributed by atoms with Gasteiger partial charge in [0.15, 0.2) is 0 Å². The fraction of sp³-hybridized carbons (Fsp3) is 0.312. The summed E-state index contributed by atoms with van der Waals surface area (Å²) in [5.74, 6) is 1.41. The van der Waals surface area contributed by atoms with Gasteiger partial charge in [-0.1, -0.05) is 18.2 Å². The summed E-state index contributed by atoms with van der Waals surface area (Å²) in [4.78, 5) is 9.99. The second-order valence-electron chi connectivity index (χ2n) is 5.44. The summed E-state index contributed by atoms with van der Waals surface area (Å²) >= 11 is 0. The lowest BCUT2D eigenvalue weighted by molar-refractivity contribution is 0.287. The van der Waals surface area contributed by atoms with Crippen LogP contribution >= 0.6 is 0 Å². The normalized spacial score (nSPS) is 19.9. The van der Waals surface area contributed by atoms with Crippen LogP contribution in [0.15, 0.2) is 47.3 Å². The Hall–Kier alpha value is -2.07. The first-order chi connectivity index (χ1) is 9.90. The monoisotopic (exact) mass is 267 g/mol. The number of H-pyrrole nitrogens is 1. The Morgan fingerprint density at radius 3 is 3.20 bits per heavy atom. The second kappa shape index (κ2) is 4.80. The number of nitrogens with zero attached hydrogens (tertiary/aromatic N) is 2. The number of aromatic amines is 1. The Labute approximate surface area is 117 Å². The smallest absolute Gasteiger partial charge is 0.208 e. The van der Waals surface area contributed by atoms with Crippen LogP contribution in [0.25, 0.3) is 10.9 Å². The maximum Gasteiger partial charge on any atom is 0.208 e. The molecule has 4 nitrogen and oxygen atoms in total. The van der Waals surface area contributed by atoms with Gasteiger partial charge >= 0.3 is 0 Å². The van der Waals surface area contributed by atoms with E-state index in [-0.39, 0.29) is 0 Å². The highest BCUT2D eigenvalue weighted by Crippen LogP contribution is 2.32. The van der Waals surface area contributed by atoms with Gasteiger partial charge in [0, 0.05) is 23.6 Å². The van der Waals surface area contributed by atoms with Gasteiger partial charge in [0.1, 0.15) is 6.26 Å². The standard InChI is InChI=1S/C16H17N3O/c1-2-4-15-13(3-1)14(9-18-15)12-5-7-19(10-12)11-16-17-6-8-20-16/h1-4,6,8-9,12,18H,5,7,10-11H2/t12-/m0/s1. The average Bonchev–Trinajstić information content (AvgIpc) is 3.18. The van der Waals surface area contributed by atoms with Gasteiger partial charge in [0.05, 0.1) is 12.7 Å². The Balaban J connectivity index is 1.53. The van der Waals surface area contributed by atoms with Crippen LogP contribution in [-0.4, -0.2) is 28.0 Å². The molecule has 1 fully saturated rings. The summed E-state index contributed by atoms with van der Waals surface area (Å²) in [5, 5.41) is 1.36. The van der Waals surface area contributed by atoms with Gasteiger partial charge < -0.3 is 9.40 Å². The molecule has 1 atom stereocenters. The Morgan fingerprint density at radius 2 is 2.30 bits per heavy atom. The Morgan fingerprint density at radius 1 is 1.35 bits per heavy atom. The molecule has 102 valence electrons. The molecule has 0 aliphatic carbocycles. The molecule has 0 bridgehead atoms. The molecule has 2 aromatic heterocycles. The molecular formula is C16H17N3O. The van der Waals surface area contributed by atoms with Crippen molar-refractivity contribution in [1.82, 2.24) is 14.9 Å². The lowest BCUT2D eigenvalue weighted by Crippen LogP contribution is -2.19. The fourth-order valence-electron chi connectivity index (χ4n) is 3.18. The van der Waals surface area contributed by atoms with E-state index in [1.807, 2.05) is 0 Å². The number of likely N-dealkylation sites (tertiary alicyclic amines) is 1. The number of oxazole rings is 1. The zero-order valence-corrected chi connectivity index (χ0v) is 11.2. The van der Waals surface area contributed by atoms with Crippen molar-refractivity contribution in [3.63, 3.8) is 0 Å². The lowest BCUT2D eigenvalue weighted by atomic mass is 9.98. The van der Waals surface area contributed by atoms with Gasteiger partial charge in [0.2, 0.25) is 5.89 Å². The van der Waals surface area contributed by atoms with Gasteiger partial charge in [-0.3, -0.25) is 4.90 Å². The van der Waals surface area contributed by atoms with Crippen molar-refractivity contribution >= 4 is 10.9 Å². The van der Waals surface area contributed by atoms with E-state index in [4.69, 9.17) is 4.42 Å². The molecule has 0 radical (unpaired) electrons. The minimum Gasteiger partial charge on any atom is -0.448 e. The fourth-order valence-corrected chi connectivity index (χ4v) is 3.18. The zero-order valence-electron chi connectivity index (χ0n) is 11.2. The Bertz CT molecular complexity index is 701. The van der Waals surface area contributed by atoms with Crippen LogP contribution < -0.4 is 0 Å². The van der Waals surface area contributed by atoms with E-state index >= 15 is 0 Å². The summed E-state index contributed by atoms with van der Waals surface area (Å²) in [6, 6.07) is 8.53. The van der Waals surface area contributed by atoms with Crippen molar-refractivity contribution < 1.29 is 4.42 Å². The molecule has 0 spiro atoms. The number of benzene rings is 1. The van der Waals surface area contributed by atoms with Crippen LogP contribution in [0.2, 0.25) is 0 Å². The number of aromatic nitrogens is 2. The molecular weight excluding hydrogens is 250 g/mol. The minimum atomic E-state index is 0.598. The summed E-state index contributed by atoms with van der Waals surface area (Å²) in [6.45, 7) is 2.99. The van der Waals surface area contributed by atoms with E-state index in [1.54, 1.807) is 12.5 Å². The van der Waals surface area contributed by atoms with E-state index in [1.165, 1.54) is 22.9 Å². The molecule has 4 heteroatoms. The predicted molar refractivity (Wildman–Crippen MR) is 77.4 cm³/mol. The Kier molecular flexibility index (Phi) is 2.81. The number of hydrogen-bond donors (Lipinski definition) is 1. The predicted octanol–water partition coefficient (Wildman–Crippen LogP) is 3.15. The van der Waals surface area contributed by atoms with E-state index in [0.29, 0.717) is 5.92 Å². The molecule has 1 aromatic carbocycles. The maximum atomic E-state index is 5.33. The zero-order chi connectivity index (χ0) is 13.4. The SMILES string of the molecule is c1ccc2c([C@H]3CCN(Cc4ncco4)C3)c[nH]c2c1. The van der Waals surface area contributed by atoms with Crippen LogP contribution in [0.1, 0.15) is 23.8 Å². The largest absolute Gasteiger partial charge is 0.448 e. The molecule has 0 unspecified atom stereocenters. The molecule has 3 aromatic rings. The summed E-state index contributed by atoms with van der Waals surface area (Å²) in [5.41, 5.74) is 2.67. The third-order valence-corrected chi connectivity index (χ3v) is 4.18. The molecule has 1 saturated heterocycles. The minimum absolute atomic E-state index is 0.598. The molecule has 1 aliphatic rings. The van der Waals surface area contributed by atoms with Crippen LogP contribution in [0, 0.1) is 0 Å². The number of fused-ring (bicyclic) bond motifs is 1. The van der Waals surface area contributed by atoms with E-state index in [0.717, 1.165) is 25.5 Å². The number of nitrogens with one attached hydrogen (secondary N) is 1. The summed E-state index contributed by atoms with van der Waals surface area (Å²) < 4.78 is 5.33. The molecule has 4 rings (SSSR count). The third kappa shape index (κ3) is 2.02. The van der Waals surface area contributed by atoms with Crippen LogP contribution in [0.4, 0.5) is 0 Å². The highest BCUT2D eigenvalue weighted by Gasteiger charge is 2.26. The van der Waals surface area contributed by atoms with Crippen molar-refractivity contribution in [2.75, 3.05) is 13.1 Å². The van der Waals surface area contributed by atoms with Crippen LogP contribution in [0.5, 0.6) is 0 Å². The molecule has 1 N–H and O–H groups in total. The molecule has 1 aliphatic heterocycles. The lowest BCUT2D eigenvalue weighted by Gasteiger charge is -2.13. The van der Waals surface area contributed by atoms with E-state index in [9.17, 15) is 0 Å². The van der Waals surface area contributed by atoms with Crippen LogP contribution in [0.3, 0.4) is 0 Å². The van der Waals surface area contributed by atoms with Gasteiger partial charge in [-0.2, -0.15) is 0 Å². The number of para-hydroxylation sites is 1. The van der Waals surface area contributed by atoms with E-state index in [2.05, 4.69) is 45.3 Å². The number of hydrogen-bond acceptors (Lipinski definition) is 3. The van der Waals surface area contributed by atoms with Crippen LogP contribution in [-0.2, 0) is 6.54 Å². The average molecular weight is 267 g/mol. The van der Waals surface area contributed by atoms with Gasteiger partial charge in [0.25, 0.3) is 0 Å². The first kappa shape index (κ1) is 11.7. The summed E-state index contributed by atoms with van der Waals surface area (Å²) in [6.07, 6.45) is 6.72. The van der Waals surface area contributed by atoms with E-state index < -0.39 is 0 Å². The van der Waals surface area contributed by atoms with Gasteiger partial charge in [-0.15, -0.1) is 0 Å². The summed E-state index contributed by atoms with van der Waals surface area (Å²) in [7, 11) is 0. The first-order valence-electron chi connectivity index (χ1n) is 7.07. The van der Waals surface area contributed by atoms with Crippen molar-refractivity contribution in [2.45, 2.75) is 18.9 Å². The third-order valence-electron chi connectivity index (χ3n) is 4.18. The highest BCUT2D eigenvalue weighted by molar-refractivity contribution is 5.83. The first-order valence-corrected chi connectivity index (χ1v) is 7.07. The number of rotatable bonds is 3. The quantitative estimate of drug-likeness (QED) is 0.793. The van der Waals surface area contributed by atoms with Gasteiger partial charge in [-0.25, -0.2) is 4.98 Å². The topological polar surface area (TPSA) is 45.1 Å². The van der Waals surface area contributed by atoms with Gasteiger partial charge in [-0.05, 0) is 30.5 Å². The van der Waals surface area contributed by atoms with Crippen molar-refractivity contribution in [2.24, 2.45) is 0 Å². The van der Waals surface area contributed by atoms with Crippen molar-refractivity contribution in [3.05, 3.63) is 54.4 Å². The molecule has 0 amide bonds. The molecule has 0 saturated carbocycles.